The highest BCUT2D eigenvalue weighted by atomic mass is 15.1. The van der Waals surface area contributed by atoms with E-state index in [1.54, 1.807) is 0 Å². The van der Waals surface area contributed by atoms with E-state index in [0.29, 0.717) is 0 Å². The summed E-state index contributed by atoms with van der Waals surface area (Å²) >= 11 is 0. The lowest BCUT2D eigenvalue weighted by atomic mass is 10.1. The molecule has 0 bridgehead atoms. The number of aromatic nitrogens is 6. The number of hydrogen-bond acceptors (Lipinski definition) is 3. The fraction of sp³-hybridized carbons (Fsp3) is 0.0217. The Kier molecular flexibility index (Phi) is 7.95. The first-order chi connectivity index (χ1) is 25.7. The lowest BCUT2D eigenvalue weighted by molar-refractivity contribution is 1.00. The Morgan fingerprint density at radius 1 is 0.327 bits per heavy atom. The zero-order chi connectivity index (χ0) is 34.9. The van der Waals surface area contributed by atoms with E-state index in [-0.39, 0.29) is 0 Å². The van der Waals surface area contributed by atoms with Gasteiger partial charge in [0, 0.05) is 28.2 Å². The van der Waals surface area contributed by atoms with E-state index in [4.69, 9.17) is 9.97 Å². The molecule has 0 unspecified atom stereocenters. The number of aryl methyl sites for hydroxylation is 1. The van der Waals surface area contributed by atoms with Crippen LogP contribution in [0.15, 0.2) is 188 Å². The highest BCUT2D eigenvalue weighted by Crippen LogP contribution is 2.33. The first kappa shape index (κ1) is 31.0. The van der Waals surface area contributed by atoms with Gasteiger partial charge in [0.05, 0.1) is 33.1 Å². The third-order valence-corrected chi connectivity index (χ3v) is 9.27. The predicted octanol–water partition coefficient (Wildman–Crippen LogP) is 11.0. The van der Waals surface area contributed by atoms with Gasteiger partial charge in [0.25, 0.3) is 0 Å². The Balaban J connectivity index is 0.000000187. The largest absolute Gasteiger partial charge is 0.297 e. The van der Waals surface area contributed by atoms with Gasteiger partial charge in [-0.25, -0.2) is 15.0 Å². The Hall–Kier alpha value is -7.05. The molecule has 0 amide bonds. The lowest BCUT2D eigenvalue weighted by Crippen LogP contribution is -1.99. The normalized spacial score (nSPS) is 11.2. The smallest absolute Gasteiger partial charge is 0.145 e. The number of para-hydroxylation sites is 9. The summed E-state index contributed by atoms with van der Waals surface area (Å²) in [6.07, 6.45) is 0. The molecule has 0 saturated heterocycles. The maximum atomic E-state index is 5.05. The number of rotatable bonds is 5. The van der Waals surface area contributed by atoms with E-state index in [2.05, 4.69) is 146 Å². The Morgan fingerprint density at radius 3 is 1.12 bits per heavy atom. The van der Waals surface area contributed by atoms with Crippen LogP contribution in [0.4, 0.5) is 0 Å². The van der Waals surface area contributed by atoms with Crippen LogP contribution in [0.1, 0.15) is 5.82 Å². The zero-order valence-corrected chi connectivity index (χ0v) is 28.6. The van der Waals surface area contributed by atoms with Crippen LogP contribution >= 0.6 is 0 Å². The summed E-state index contributed by atoms with van der Waals surface area (Å²) in [6, 6.07) is 64.4. The van der Waals surface area contributed by atoms with Crippen molar-refractivity contribution >= 4 is 33.1 Å². The second-order valence-electron chi connectivity index (χ2n) is 12.6. The van der Waals surface area contributed by atoms with Crippen molar-refractivity contribution in [2.45, 2.75) is 6.92 Å². The Labute approximate surface area is 301 Å². The lowest BCUT2D eigenvalue weighted by Gasteiger charge is -2.12. The third kappa shape index (κ3) is 5.62. The molecule has 0 aliphatic heterocycles. The molecule has 0 aliphatic carbocycles. The van der Waals surface area contributed by atoms with Gasteiger partial charge in [-0.1, -0.05) is 109 Å². The molecule has 10 rings (SSSR count). The van der Waals surface area contributed by atoms with Crippen LogP contribution in [0.3, 0.4) is 0 Å². The van der Waals surface area contributed by atoms with Crippen molar-refractivity contribution in [2.75, 3.05) is 0 Å². The summed E-state index contributed by atoms with van der Waals surface area (Å²) in [5.41, 5.74) is 11.7. The number of imidazole rings is 3. The molecule has 3 heterocycles. The Morgan fingerprint density at radius 2 is 0.673 bits per heavy atom. The highest BCUT2D eigenvalue weighted by Gasteiger charge is 2.18. The van der Waals surface area contributed by atoms with Gasteiger partial charge in [-0.2, -0.15) is 0 Å². The second kappa shape index (κ2) is 13.3. The average molecular weight is 671 g/mol. The van der Waals surface area contributed by atoms with Crippen LogP contribution in [0.5, 0.6) is 0 Å². The molecule has 248 valence electrons. The molecule has 0 atom stereocenters. The zero-order valence-electron chi connectivity index (χ0n) is 28.6. The van der Waals surface area contributed by atoms with E-state index in [9.17, 15) is 0 Å². The molecule has 6 heteroatoms. The fourth-order valence-corrected chi connectivity index (χ4v) is 6.96. The van der Waals surface area contributed by atoms with Crippen LogP contribution in [-0.2, 0) is 0 Å². The number of nitrogens with zero attached hydrogens (tertiary/aromatic N) is 6. The van der Waals surface area contributed by atoms with E-state index in [1.165, 1.54) is 0 Å². The van der Waals surface area contributed by atoms with Crippen molar-refractivity contribution in [1.29, 1.82) is 0 Å². The molecule has 10 aromatic rings. The summed E-state index contributed by atoms with van der Waals surface area (Å²) in [5.74, 6) is 2.84. The molecule has 52 heavy (non-hydrogen) atoms. The minimum absolute atomic E-state index is 0.909. The number of hydrogen-bond donors (Lipinski definition) is 0. The summed E-state index contributed by atoms with van der Waals surface area (Å²) < 4.78 is 6.64. The average Bonchev–Trinajstić information content (AvgIpc) is 3.90. The standard InChI is InChI=1S/C32H22N4.C14H12N2/c1-3-14-25(15-4-1)35-29-20-9-7-18-27(29)33-31(35)23-12-11-13-24(22-23)32-34-28-19-8-10-21-30(28)36(32)26-16-5-2-6-17-26;1-11-15-13-9-5-6-10-14(13)16(11)12-7-3-2-4-8-12/h1-22H;2-10H,1H3. The number of fused-ring (bicyclic) bond motifs is 3. The van der Waals surface area contributed by atoms with Gasteiger partial charge in [-0.05, 0) is 85.8 Å². The fourth-order valence-electron chi connectivity index (χ4n) is 6.96. The minimum atomic E-state index is 0.909. The third-order valence-electron chi connectivity index (χ3n) is 9.27. The maximum Gasteiger partial charge on any atom is 0.145 e. The first-order valence-electron chi connectivity index (χ1n) is 17.4. The molecule has 6 nitrogen and oxygen atoms in total. The maximum absolute atomic E-state index is 5.05. The van der Waals surface area contributed by atoms with E-state index in [0.717, 1.165) is 78.8 Å². The van der Waals surface area contributed by atoms with Crippen molar-refractivity contribution in [3.63, 3.8) is 0 Å². The second-order valence-corrected chi connectivity index (χ2v) is 12.6. The number of benzene rings is 7. The molecule has 0 radical (unpaired) electrons. The molecule has 0 saturated carbocycles. The minimum Gasteiger partial charge on any atom is -0.297 e. The summed E-state index contributed by atoms with van der Waals surface area (Å²) in [5, 5.41) is 0. The van der Waals surface area contributed by atoms with Crippen molar-refractivity contribution < 1.29 is 0 Å². The van der Waals surface area contributed by atoms with Crippen molar-refractivity contribution in [3.05, 3.63) is 194 Å². The van der Waals surface area contributed by atoms with Gasteiger partial charge in [-0.3, -0.25) is 13.7 Å². The highest BCUT2D eigenvalue weighted by molar-refractivity contribution is 5.86. The van der Waals surface area contributed by atoms with Crippen molar-refractivity contribution in [3.8, 4) is 39.8 Å². The van der Waals surface area contributed by atoms with Gasteiger partial charge >= 0.3 is 0 Å². The SMILES string of the molecule is Cc1nc2ccccc2n1-c1ccccc1.c1ccc(-n2c(-c3cccc(-c4nc5ccccc5n4-c4ccccc4)c3)nc3ccccc32)cc1. The Bertz CT molecular complexity index is 2660. The summed E-state index contributed by atoms with van der Waals surface area (Å²) in [4.78, 5) is 14.7. The molecule has 0 aliphatic rings. The van der Waals surface area contributed by atoms with E-state index >= 15 is 0 Å². The van der Waals surface area contributed by atoms with Gasteiger partial charge in [-0.15, -0.1) is 0 Å². The van der Waals surface area contributed by atoms with Gasteiger partial charge in [0.15, 0.2) is 0 Å². The van der Waals surface area contributed by atoms with Crippen LogP contribution in [0.2, 0.25) is 0 Å². The predicted molar refractivity (Wildman–Crippen MR) is 212 cm³/mol. The van der Waals surface area contributed by atoms with Crippen molar-refractivity contribution in [2.24, 2.45) is 0 Å². The molecular formula is C46H34N6. The molecule has 7 aromatic carbocycles. The monoisotopic (exact) mass is 670 g/mol. The van der Waals surface area contributed by atoms with E-state index in [1.807, 2.05) is 67.6 Å². The molecular weight excluding hydrogens is 637 g/mol. The molecule has 0 fully saturated rings. The topological polar surface area (TPSA) is 53.5 Å². The molecule has 0 spiro atoms. The van der Waals surface area contributed by atoms with Crippen LogP contribution in [0.25, 0.3) is 72.9 Å². The van der Waals surface area contributed by atoms with Crippen LogP contribution < -0.4 is 0 Å². The van der Waals surface area contributed by atoms with Crippen molar-refractivity contribution in [1.82, 2.24) is 28.7 Å². The quantitative estimate of drug-likeness (QED) is 0.183. The molecule has 0 N–H and O–H groups in total. The van der Waals surface area contributed by atoms with Gasteiger partial charge in [0.2, 0.25) is 0 Å². The van der Waals surface area contributed by atoms with Gasteiger partial charge in [0.1, 0.15) is 17.5 Å². The summed E-state index contributed by atoms with van der Waals surface area (Å²) in [7, 11) is 0. The summed E-state index contributed by atoms with van der Waals surface area (Å²) in [6.45, 7) is 2.03. The van der Waals surface area contributed by atoms with Crippen LogP contribution in [0, 0.1) is 6.92 Å². The van der Waals surface area contributed by atoms with Gasteiger partial charge < -0.3 is 0 Å². The molecule has 3 aromatic heterocycles. The van der Waals surface area contributed by atoms with E-state index < -0.39 is 0 Å². The van der Waals surface area contributed by atoms with Crippen LogP contribution in [-0.4, -0.2) is 28.7 Å². The first-order valence-corrected chi connectivity index (χ1v) is 17.4.